The Labute approximate surface area is 201 Å². The molecular formula is C24H26ClFN4O4. The third-order valence-corrected chi connectivity index (χ3v) is 5.72. The van der Waals surface area contributed by atoms with E-state index in [-0.39, 0.29) is 24.8 Å². The van der Waals surface area contributed by atoms with Crippen LogP contribution in [0.2, 0.25) is 5.02 Å². The molecule has 10 heteroatoms. The number of aliphatic hydroxyl groups is 1. The van der Waals surface area contributed by atoms with Gasteiger partial charge in [0.05, 0.1) is 11.1 Å². The minimum Gasteiger partial charge on any atom is -0.447 e. The van der Waals surface area contributed by atoms with Crippen LogP contribution in [0.25, 0.3) is 10.8 Å². The highest BCUT2D eigenvalue weighted by molar-refractivity contribution is 6.31. The third-order valence-electron chi connectivity index (χ3n) is 5.29. The van der Waals surface area contributed by atoms with Crippen molar-refractivity contribution >= 4 is 40.3 Å². The Morgan fingerprint density at radius 1 is 1.21 bits per heavy atom. The summed E-state index contributed by atoms with van der Waals surface area (Å²) in [4.78, 5) is 30.5. The molecule has 2 aromatic carbocycles. The van der Waals surface area contributed by atoms with Gasteiger partial charge in [-0.1, -0.05) is 48.0 Å². The predicted molar refractivity (Wildman–Crippen MR) is 128 cm³/mol. The van der Waals surface area contributed by atoms with E-state index in [4.69, 9.17) is 16.3 Å². The van der Waals surface area contributed by atoms with Gasteiger partial charge in [0.15, 0.2) is 0 Å². The fourth-order valence-corrected chi connectivity index (χ4v) is 3.52. The lowest BCUT2D eigenvalue weighted by molar-refractivity contribution is 0.110. The molecule has 1 heterocycles. The highest BCUT2D eigenvalue weighted by atomic mass is 35.5. The van der Waals surface area contributed by atoms with E-state index in [2.05, 4.69) is 15.6 Å². The summed E-state index contributed by atoms with van der Waals surface area (Å²) in [5, 5.41) is 16.3. The number of fused-ring (bicyclic) bond motifs is 1. The van der Waals surface area contributed by atoms with Crippen molar-refractivity contribution in [3.8, 4) is 0 Å². The van der Waals surface area contributed by atoms with E-state index in [1.807, 2.05) is 24.3 Å². The summed E-state index contributed by atoms with van der Waals surface area (Å²) in [5.41, 5.74) is 0.439. The number of carbonyl (C=O) groups is 2. The summed E-state index contributed by atoms with van der Waals surface area (Å²) in [7, 11) is 1.55. The zero-order chi connectivity index (χ0) is 24.5. The number of likely N-dealkylation sites (N-methyl/N-ethyl adjacent to an activating group) is 1. The number of hydrogen-bond donors (Lipinski definition) is 3. The molecule has 0 fully saturated rings. The molecule has 34 heavy (non-hydrogen) atoms. The summed E-state index contributed by atoms with van der Waals surface area (Å²) in [5.74, 6) is -0.225. The molecule has 1 aromatic heterocycles. The maximum absolute atomic E-state index is 13.6. The van der Waals surface area contributed by atoms with E-state index in [9.17, 15) is 19.1 Å². The number of nitrogens with zero attached hydrogens (tertiary/aromatic N) is 2. The van der Waals surface area contributed by atoms with Gasteiger partial charge < -0.3 is 20.1 Å². The number of urea groups is 1. The average molecular weight is 489 g/mol. The second kappa shape index (κ2) is 12.2. The van der Waals surface area contributed by atoms with Crippen LogP contribution in [0.1, 0.15) is 18.4 Å². The molecule has 8 nitrogen and oxygen atoms in total. The molecule has 0 bridgehead atoms. The van der Waals surface area contributed by atoms with Gasteiger partial charge in [-0.3, -0.25) is 5.32 Å². The number of nitrogens with one attached hydrogen (secondary N) is 2. The number of aliphatic hydroxyl groups excluding tert-OH is 1. The number of aromatic nitrogens is 1. The first-order valence-corrected chi connectivity index (χ1v) is 11.1. The summed E-state index contributed by atoms with van der Waals surface area (Å²) >= 11 is 5.93. The lowest BCUT2D eigenvalue weighted by atomic mass is 10.1. The summed E-state index contributed by atoms with van der Waals surface area (Å²) < 4.78 is 18.9. The van der Waals surface area contributed by atoms with Crippen molar-refractivity contribution in [1.29, 1.82) is 0 Å². The molecule has 3 aromatic rings. The molecule has 0 aliphatic carbocycles. The van der Waals surface area contributed by atoms with Crippen LogP contribution in [0.3, 0.4) is 0 Å². The topological polar surface area (TPSA) is 104 Å². The number of carbonyl (C=O) groups excluding carboxylic acids is 2. The molecule has 180 valence electrons. The molecule has 0 radical (unpaired) electrons. The van der Waals surface area contributed by atoms with Gasteiger partial charge >= 0.3 is 12.1 Å². The zero-order valence-electron chi connectivity index (χ0n) is 18.6. The van der Waals surface area contributed by atoms with E-state index < -0.39 is 24.0 Å². The van der Waals surface area contributed by atoms with E-state index in [1.54, 1.807) is 25.4 Å². The largest absolute Gasteiger partial charge is 0.447 e. The molecule has 0 saturated carbocycles. The number of benzene rings is 2. The first-order chi connectivity index (χ1) is 16.4. The molecule has 0 spiro atoms. The van der Waals surface area contributed by atoms with Crippen LogP contribution >= 0.6 is 11.6 Å². The van der Waals surface area contributed by atoms with Crippen molar-refractivity contribution in [1.82, 2.24) is 15.2 Å². The Hall–Kier alpha value is -3.43. The highest BCUT2D eigenvalue weighted by Crippen LogP contribution is 2.20. The standard InChI is InChI=1S/C24H26ClFN4O4/c1-30(23(32)28-14-18-8-4-10-20(26)22(18)25)19(9-5-11-31)15-34-24(33)29-21-12-16-6-2-3-7-17(16)13-27-21/h2-4,6-8,10,12-13,19,31H,5,9,11,14-15H2,1H3,(H,28,32)(H,27,29,33). The van der Waals surface area contributed by atoms with Crippen LogP contribution in [-0.2, 0) is 11.3 Å². The van der Waals surface area contributed by atoms with Crippen molar-refractivity contribution in [3.63, 3.8) is 0 Å². The Morgan fingerprint density at radius 3 is 2.74 bits per heavy atom. The Balaban J connectivity index is 1.56. The number of pyridine rings is 1. The van der Waals surface area contributed by atoms with Gasteiger partial charge in [-0.25, -0.2) is 19.0 Å². The highest BCUT2D eigenvalue weighted by Gasteiger charge is 2.22. The van der Waals surface area contributed by atoms with Crippen molar-refractivity contribution in [2.45, 2.75) is 25.4 Å². The smallest absolute Gasteiger partial charge is 0.412 e. The van der Waals surface area contributed by atoms with Crippen LogP contribution in [0.4, 0.5) is 19.8 Å². The number of halogens is 2. The maximum Gasteiger partial charge on any atom is 0.412 e. The van der Waals surface area contributed by atoms with Crippen molar-refractivity contribution in [2.75, 3.05) is 25.6 Å². The number of anilines is 1. The molecular weight excluding hydrogens is 463 g/mol. The number of hydrogen-bond acceptors (Lipinski definition) is 5. The van der Waals surface area contributed by atoms with Crippen LogP contribution in [0, 0.1) is 5.82 Å². The van der Waals surface area contributed by atoms with Crippen molar-refractivity contribution in [2.24, 2.45) is 0 Å². The van der Waals surface area contributed by atoms with E-state index in [0.717, 1.165) is 10.8 Å². The molecule has 3 amide bonds. The molecule has 1 atom stereocenters. The van der Waals surface area contributed by atoms with E-state index >= 15 is 0 Å². The normalized spacial score (nSPS) is 11.6. The summed E-state index contributed by atoms with van der Waals surface area (Å²) in [6.45, 7) is -0.135. The lowest BCUT2D eigenvalue weighted by Gasteiger charge is -2.28. The molecule has 0 aliphatic heterocycles. The lowest BCUT2D eigenvalue weighted by Crippen LogP contribution is -2.46. The first kappa shape index (κ1) is 25.2. The average Bonchev–Trinajstić information content (AvgIpc) is 2.84. The number of amides is 3. The second-order valence-electron chi connectivity index (χ2n) is 7.64. The fraction of sp³-hybridized carbons (Fsp3) is 0.292. The van der Waals surface area contributed by atoms with Crippen LogP contribution in [0.15, 0.2) is 54.7 Å². The summed E-state index contributed by atoms with van der Waals surface area (Å²) in [6, 6.07) is 12.8. The molecule has 0 aliphatic rings. The Bertz CT molecular complexity index is 1150. The van der Waals surface area contributed by atoms with Crippen molar-refractivity contribution < 1.29 is 23.8 Å². The first-order valence-electron chi connectivity index (χ1n) is 10.7. The summed E-state index contributed by atoms with van der Waals surface area (Å²) in [6.07, 6.45) is 1.76. The molecule has 0 saturated heterocycles. The van der Waals surface area contributed by atoms with Gasteiger partial charge in [0.2, 0.25) is 0 Å². The Morgan fingerprint density at radius 2 is 1.97 bits per heavy atom. The molecule has 1 unspecified atom stereocenters. The molecule has 3 rings (SSSR count). The van der Waals surface area contributed by atoms with Crippen LogP contribution < -0.4 is 10.6 Å². The van der Waals surface area contributed by atoms with Gasteiger partial charge in [-0.05, 0) is 35.9 Å². The maximum atomic E-state index is 13.6. The van der Waals surface area contributed by atoms with Gasteiger partial charge in [0.25, 0.3) is 0 Å². The minimum absolute atomic E-state index is 0.0292. The monoisotopic (exact) mass is 488 g/mol. The predicted octanol–water partition coefficient (Wildman–Crippen LogP) is 4.56. The van der Waals surface area contributed by atoms with Gasteiger partial charge in [-0.2, -0.15) is 0 Å². The van der Waals surface area contributed by atoms with Crippen LogP contribution in [-0.4, -0.2) is 53.4 Å². The fourth-order valence-electron chi connectivity index (χ4n) is 3.33. The molecule has 3 N–H and O–H groups in total. The Kier molecular flexibility index (Phi) is 9.00. The van der Waals surface area contributed by atoms with E-state index in [1.165, 1.54) is 17.0 Å². The second-order valence-corrected chi connectivity index (χ2v) is 8.02. The van der Waals surface area contributed by atoms with Crippen molar-refractivity contribution in [3.05, 3.63) is 71.1 Å². The number of ether oxygens (including phenoxy) is 1. The van der Waals surface area contributed by atoms with Crippen LogP contribution in [0.5, 0.6) is 0 Å². The SMILES string of the molecule is CN(C(=O)NCc1cccc(F)c1Cl)C(CCCO)COC(=O)Nc1cc2ccccc2cn1. The van der Waals surface area contributed by atoms with Gasteiger partial charge in [-0.15, -0.1) is 0 Å². The third kappa shape index (κ3) is 6.79. The minimum atomic E-state index is -0.711. The van der Waals surface area contributed by atoms with Gasteiger partial charge in [0.1, 0.15) is 18.2 Å². The zero-order valence-corrected chi connectivity index (χ0v) is 19.4. The quantitative estimate of drug-likeness (QED) is 0.409. The van der Waals surface area contributed by atoms with Gasteiger partial charge in [0, 0.05) is 31.8 Å². The number of rotatable bonds is 9. The van der Waals surface area contributed by atoms with E-state index in [0.29, 0.717) is 24.2 Å².